The maximum Gasteiger partial charge on any atom is 0.293 e. The van der Waals surface area contributed by atoms with Crippen LogP contribution in [0.15, 0.2) is 35.4 Å². The fraction of sp³-hybridized carbons (Fsp3) is 0.235. The summed E-state index contributed by atoms with van der Waals surface area (Å²) in [6, 6.07) is 7.26. The summed E-state index contributed by atoms with van der Waals surface area (Å²) in [5, 5.41) is 11.4. The Hall–Kier alpha value is -2.58. The Kier molecular flexibility index (Phi) is 4.91. The number of hydrogen-bond acceptors (Lipinski definition) is 6. The fourth-order valence-electron chi connectivity index (χ4n) is 2.68. The molecule has 2 heterocycles. The van der Waals surface area contributed by atoms with Gasteiger partial charge in [-0.05, 0) is 23.9 Å². The number of nitrogens with zero attached hydrogens (tertiary/aromatic N) is 2. The van der Waals surface area contributed by atoms with E-state index in [9.17, 15) is 19.5 Å². The molecule has 1 aromatic heterocycles. The standard InChI is InChI=1S/C17H16N2O5S/c1-24-7-6-19-16(22)14(25-17(19)23)8-11-9-18(10-15(20)21)13-5-3-2-4-12(11)13/h2-5,8-9H,6-7,10H2,1H3,(H,20,21)/p-1/b14-8+. The molecule has 0 N–H and O–H groups in total. The molecule has 8 heteroatoms. The molecule has 25 heavy (non-hydrogen) atoms. The van der Waals surface area contributed by atoms with Gasteiger partial charge < -0.3 is 19.2 Å². The Bertz CT molecular complexity index is 886. The molecule has 7 nitrogen and oxygen atoms in total. The minimum absolute atomic E-state index is 0.199. The molecule has 0 saturated carbocycles. The number of amides is 2. The number of carboxylic acids is 1. The van der Waals surface area contributed by atoms with Crippen LogP contribution in [-0.2, 0) is 20.9 Å². The monoisotopic (exact) mass is 359 g/mol. The van der Waals surface area contributed by atoms with Gasteiger partial charge in [-0.25, -0.2) is 0 Å². The molecule has 0 unspecified atom stereocenters. The van der Waals surface area contributed by atoms with Crippen LogP contribution in [0, 0.1) is 0 Å². The van der Waals surface area contributed by atoms with Gasteiger partial charge >= 0.3 is 0 Å². The highest BCUT2D eigenvalue weighted by molar-refractivity contribution is 8.18. The average Bonchev–Trinajstić information content (AvgIpc) is 3.04. The summed E-state index contributed by atoms with van der Waals surface area (Å²) in [4.78, 5) is 36.8. The summed E-state index contributed by atoms with van der Waals surface area (Å²) in [5.41, 5.74) is 1.39. The van der Waals surface area contributed by atoms with E-state index >= 15 is 0 Å². The lowest BCUT2D eigenvalue weighted by Gasteiger charge is -2.10. The number of rotatable bonds is 6. The number of para-hydroxylation sites is 1. The van der Waals surface area contributed by atoms with Crippen LogP contribution >= 0.6 is 11.8 Å². The van der Waals surface area contributed by atoms with Crippen LogP contribution in [-0.4, -0.2) is 46.8 Å². The molecule has 0 aliphatic carbocycles. The van der Waals surface area contributed by atoms with E-state index in [-0.39, 0.29) is 30.8 Å². The zero-order valence-corrected chi connectivity index (χ0v) is 14.2. The number of aliphatic carboxylic acids is 1. The van der Waals surface area contributed by atoms with Gasteiger partial charge in [0, 0.05) is 29.8 Å². The lowest BCUT2D eigenvalue weighted by Crippen LogP contribution is -2.31. The highest BCUT2D eigenvalue weighted by atomic mass is 32.2. The van der Waals surface area contributed by atoms with Crippen molar-refractivity contribution >= 4 is 45.9 Å². The van der Waals surface area contributed by atoms with E-state index in [0.29, 0.717) is 10.5 Å². The molecule has 0 radical (unpaired) electrons. The Morgan fingerprint density at radius 1 is 1.32 bits per heavy atom. The van der Waals surface area contributed by atoms with Crippen LogP contribution in [0.2, 0.25) is 0 Å². The number of thioether (sulfide) groups is 1. The number of imide groups is 1. The van der Waals surface area contributed by atoms with E-state index in [1.807, 2.05) is 12.1 Å². The summed E-state index contributed by atoms with van der Waals surface area (Å²) in [6.45, 7) is 0.185. The number of carbonyl (C=O) groups excluding carboxylic acids is 3. The Balaban J connectivity index is 1.97. The SMILES string of the molecule is COCCN1C(=O)S/C(=C/c2cn(CC(=O)[O-])c3ccccc23)C1=O. The molecule has 1 saturated heterocycles. The number of carboxylic acid groups (broad SMARTS) is 1. The van der Waals surface area contributed by atoms with Gasteiger partial charge in [0.05, 0.1) is 30.6 Å². The molecule has 0 spiro atoms. The Morgan fingerprint density at radius 3 is 2.80 bits per heavy atom. The molecule has 1 aliphatic heterocycles. The molecule has 3 rings (SSSR count). The number of fused-ring (bicyclic) bond motifs is 1. The summed E-state index contributed by atoms with van der Waals surface area (Å²) in [6.07, 6.45) is 3.26. The second kappa shape index (κ2) is 7.12. The number of methoxy groups -OCH3 is 1. The van der Waals surface area contributed by atoms with Gasteiger partial charge in [-0.15, -0.1) is 0 Å². The first-order chi connectivity index (χ1) is 12.0. The number of carbonyl (C=O) groups is 3. The van der Waals surface area contributed by atoms with Crippen LogP contribution in [0.5, 0.6) is 0 Å². The van der Waals surface area contributed by atoms with Crippen molar-refractivity contribution in [3.63, 3.8) is 0 Å². The van der Waals surface area contributed by atoms with Crippen LogP contribution in [0.25, 0.3) is 17.0 Å². The Labute approximate surface area is 147 Å². The predicted molar refractivity (Wildman–Crippen MR) is 91.5 cm³/mol. The van der Waals surface area contributed by atoms with Crippen LogP contribution in [0.4, 0.5) is 4.79 Å². The fourth-order valence-corrected chi connectivity index (χ4v) is 3.53. The smallest absolute Gasteiger partial charge is 0.293 e. The molecule has 1 aromatic carbocycles. The minimum Gasteiger partial charge on any atom is -0.548 e. The van der Waals surface area contributed by atoms with Crippen LogP contribution in [0.3, 0.4) is 0 Å². The van der Waals surface area contributed by atoms with Gasteiger partial charge in [0.1, 0.15) is 0 Å². The summed E-state index contributed by atoms with van der Waals surface area (Å²) in [7, 11) is 1.50. The third-order valence-electron chi connectivity index (χ3n) is 3.80. The third-order valence-corrected chi connectivity index (χ3v) is 4.71. The van der Waals surface area contributed by atoms with Gasteiger partial charge in [-0.1, -0.05) is 18.2 Å². The number of aromatic nitrogens is 1. The van der Waals surface area contributed by atoms with Gasteiger partial charge in [-0.3, -0.25) is 14.5 Å². The van der Waals surface area contributed by atoms with E-state index in [4.69, 9.17) is 4.74 Å². The van der Waals surface area contributed by atoms with Gasteiger partial charge in [-0.2, -0.15) is 0 Å². The molecule has 130 valence electrons. The quantitative estimate of drug-likeness (QED) is 0.717. The lowest BCUT2D eigenvalue weighted by molar-refractivity contribution is -0.306. The lowest BCUT2D eigenvalue weighted by atomic mass is 10.1. The molecule has 2 aromatic rings. The van der Waals surface area contributed by atoms with Crippen LogP contribution < -0.4 is 5.11 Å². The minimum atomic E-state index is -1.20. The molecular formula is C17H15N2O5S-. The van der Waals surface area contributed by atoms with Crippen molar-refractivity contribution in [3.05, 3.63) is 40.9 Å². The maximum atomic E-state index is 12.4. The van der Waals surface area contributed by atoms with E-state index in [1.165, 1.54) is 7.11 Å². The largest absolute Gasteiger partial charge is 0.548 e. The number of hydrogen-bond donors (Lipinski definition) is 0. The van der Waals surface area contributed by atoms with Crippen LogP contribution in [0.1, 0.15) is 5.56 Å². The van der Waals surface area contributed by atoms with Gasteiger partial charge in [0.15, 0.2) is 0 Å². The molecule has 2 amide bonds. The van der Waals surface area contributed by atoms with Crippen molar-refractivity contribution in [3.8, 4) is 0 Å². The van der Waals surface area contributed by atoms with Crippen molar-refractivity contribution in [2.24, 2.45) is 0 Å². The average molecular weight is 359 g/mol. The molecule has 1 aliphatic rings. The van der Waals surface area contributed by atoms with E-state index in [2.05, 4.69) is 0 Å². The first-order valence-corrected chi connectivity index (χ1v) is 8.35. The normalized spacial score (nSPS) is 16.4. The first kappa shape index (κ1) is 17.2. The Morgan fingerprint density at radius 2 is 2.08 bits per heavy atom. The highest BCUT2D eigenvalue weighted by Crippen LogP contribution is 2.33. The zero-order valence-electron chi connectivity index (χ0n) is 13.4. The highest BCUT2D eigenvalue weighted by Gasteiger charge is 2.34. The second-order valence-corrected chi connectivity index (χ2v) is 6.42. The number of ether oxygens (including phenoxy) is 1. The van der Waals surface area contributed by atoms with Crippen molar-refractivity contribution in [1.29, 1.82) is 0 Å². The predicted octanol–water partition coefficient (Wildman–Crippen LogP) is 1.07. The van der Waals surface area contributed by atoms with Gasteiger partial charge in [0.25, 0.3) is 11.1 Å². The van der Waals surface area contributed by atoms with E-state index < -0.39 is 5.97 Å². The second-order valence-electron chi connectivity index (χ2n) is 5.43. The molecule has 0 bridgehead atoms. The van der Waals surface area contributed by atoms with Crippen molar-refractivity contribution in [2.75, 3.05) is 20.3 Å². The van der Waals surface area contributed by atoms with Crippen molar-refractivity contribution < 1.29 is 24.2 Å². The zero-order chi connectivity index (χ0) is 18.0. The summed E-state index contributed by atoms with van der Waals surface area (Å²) < 4.78 is 6.46. The molecule has 0 atom stereocenters. The summed E-state index contributed by atoms with van der Waals surface area (Å²) in [5.74, 6) is -1.57. The van der Waals surface area contributed by atoms with Crippen molar-refractivity contribution in [2.45, 2.75) is 6.54 Å². The van der Waals surface area contributed by atoms with E-state index in [1.54, 1.807) is 29.0 Å². The topological polar surface area (TPSA) is 91.7 Å². The third kappa shape index (κ3) is 3.45. The molecular weight excluding hydrogens is 344 g/mol. The first-order valence-electron chi connectivity index (χ1n) is 7.53. The number of benzene rings is 1. The molecule has 1 fully saturated rings. The van der Waals surface area contributed by atoms with E-state index in [0.717, 1.165) is 27.6 Å². The maximum absolute atomic E-state index is 12.4. The van der Waals surface area contributed by atoms with Gasteiger partial charge in [0.2, 0.25) is 0 Å². The van der Waals surface area contributed by atoms with Crippen molar-refractivity contribution in [1.82, 2.24) is 9.47 Å². The summed E-state index contributed by atoms with van der Waals surface area (Å²) >= 11 is 0.864.